The smallest absolute Gasteiger partial charge is 0.255 e. The van der Waals surface area contributed by atoms with Crippen LogP contribution in [0.15, 0.2) is 48.5 Å². The first-order chi connectivity index (χ1) is 10.9. The summed E-state index contributed by atoms with van der Waals surface area (Å²) in [7, 11) is -1.95. The molecule has 0 aromatic heterocycles. The van der Waals surface area contributed by atoms with Crippen molar-refractivity contribution >= 4 is 21.6 Å². The lowest BCUT2D eigenvalue weighted by molar-refractivity contribution is 0.102. The van der Waals surface area contributed by atoms with E-state index >= 15 is 0 Å². The van der Waals surface area contributed by atoms with Crippen LogP contribution in [0.4, 0.5) is 5.69 Å². The zero-order valence-corrected chi connectivity index (χ0v) is 13.5. The fourth-order valence-corrected chi connectivity index (χ4v) is 2.70. The predicted octanol–water partition coefficient (Wildman–Crippen LogP) is 1.87. The minimum Gasteiger partial charge on any atom is -0.380 e. The number of rotatable bonds is 6. The maximum atomic E-state index is 12.1. The number of carbonyl (C=O) groups is 1. The van der Waals surface area contributed by atoms with Crippen LogP contribution in [-0.4, -0.2) is 21.4 Å². The molecule has 0 radical (unpaired) electrons. The molecule has 2 rings (SSSR count). The van der Waals surface area contributed by atoms with Gasteiger partial charge in [-0.15, -0.1) is 0 Å². The molecule has 2 aromatic rings. The molecular formula is C16H18N2O4S. The molecule has 0 aliphatic heterocycles. The standard InChI is InChI=1S/C16H18N2O4S/c1-22-10-12-2-6-14(7-3-12)16(19)18-15-8-4-13(5-9-15)11-23(17,20)21/h2-9H,10-11H2,1H3,(H,18,19)(H2,17,20,21). The van der Waals surface area contributed by atoms with Gasteiger partial charge in [-0.3, -0.25) is 4.79 Å². The maximum Gasteiger partial charge on any atom is 0.255 e. The van der Waals surface area contributed by atoms with Gasteiger partial charge in [0.1, 0.15) is 0 Å². The number of benzene rings is 2. The Balaban J connectivity index is 2.02. The van der Waals surface area contributed by atoms with Crippen LogP contribution in [0.25, 0.3) is 0 Å². The Labute approximate surface area is 135 Å². The molecule has 1 amide bonds. The minimum atomic E-state index is -3.56. The van der Waals surface area contributed by atoms with Crippen LogP contribution in [0.1, 0.15) is 21.5 Å². The number of amides is 1. The van der Waals surface area contributed by atoms with E-state index in [2.05, 4.69) is 5.32 Å². The first kappa shape index (κ1) is 17.1. The van der Waals surface area contributed by atoms with E-state index in [-0.39, 0.29) is 11.7 Å². The molecule has 0 unspecified atom stereocenters. The number of methoxy groups -OCH3 is 1. The Kier molecular flexibility index (Phi) is 5.49. The van der Waals surface area contributed by atoms with Crippen LogP contribution >= 0.6 is 0 Å². The summed E-state index contributed by atoms with van der Waals surface area (Å²) in [5, 5.41) is 7.74. The highest BCUT2D eigenvalue weighted by atomic mass is 32.2. The number of nitrogens with one attached hydrogen (secondary N) is 1. The van der Waals surface area contributed by atoms with Gasteiger partial charge in [0, 0.05) is 18.4 Å². The molecule has 0 saturated carbocycles. The van der Waals surface area contributed by atoms with E-state index in [1.165, 1.54) is 0 Å². The second-order valence-corrected chi connectivity index (χ2v) is 6.70. The molecule has 23 heavy (non-hydrogen) atoms. The summed E-state index contributed by atoms with van der Waals surface area (Å²) in [5.74, 6) is -0.476. The topological polar surface area (TPSA) is 98.5 Å². The Morgan fingerprint density at radius 2 is 1.61 bits per heavy atom. The van der Waals surface area contributed by atoms with Gasteiger partial charge < -0.3 is 10.1 Å². The highest BCUT2D eigenvalue weighted by Crippen LogP contribution is 2.13. The molecule has 0 bridgehead atoms. The van der Waals surface area contributed by atoms with E-state index in [1.54, 1.807) is 43.5 Å². The Hall–Kier alpha value is -2.22. The molecule has 7 heteroatoms. The molecule has 0 heterocycles. The number of primary sulfonamides is 1. The van der Waals surface area contributed by atoms with Gasteiger partial charge >= 0.3 is 0 Å². The molecule has 122 valence electrons. The summed E-state index contributed by atoms with van der Waals surface area (Å²) in [6, 6.07) is 13.6. The van der Waals surface area contributed by atoms with Crippen LogP contribution in [-0.2, 0) is 27.1 Å². The monoisotopic (exact) mass is 334 g/mol. The predicted molar refractivity (Wildman–Crippen MR) is 88.4 cm³/mol. The summed E-state index contributed by atoms with van der Waals surface area (Å²) < 4.78 is 27.1. The van der Waals surface area contributed by atoms with Crippen molar-refractivity contribution in [3.8, 4) is 0 Å². The number of hydrogen-bond acceptors (Lipinski definition) is 4. The van der Waals surface area contributed by atoms with E-state index in [1.807, 2.05) is 12.1 Å². The van der Waals surface area contributed by atoms with Crippen LogP contribution in [0, 0.1) is 0 Å². The fraction of sp³-hybridized carbons (Fsp3) is 0.188. The van der Waals surface area contributed by atoms with Gasteiger partial charge in [-0.2, -0.15) is 0 Å². The van der Waals surface area contributed by atoms with Crippen molar-refractivity contribution in [1.82, 2.24) is 0 Å². The highest BCUT2D eigenvalue weighted by Gasteiger charge is 2.08. The molecule has 0 aliphatic rings. The van der Waals surface area contributed by atoms with Crippen molar-refractivity contribution in [2.75, 3.05) is 12.4 Å². The fourth-order valence-electron chi connectivity index (χ4n) is 2.04. The van der Waals surface area contributed by atoms with Crippen molar-refractivity contribution in [1.29, 1.82) is 0 Å². The summed E-state index contributed by atoms with van der Waals surface area (Å²) in [6.07, 6.45) is 0. The first-order valence-electron chi connectivity index (χ1n) is 6.86. The zero-order valence-electron chi connectivity index (χ0n) is 12.7. The molecular weight excluding hydrogens is 316 g/mol. The lowest BCUT2D eigenvalue weighted by Crippen LogP contribution is -2.15. The van der Waals surface area contributed by atoms with Crippen LogP contribution in [0.3, 0.4) is 0 Å². The van der Waals surface area contributed by atoms with Gasteiger partial charge in [0.15, 0.2) is 0 Å². The average Bonchev–Trinajstić information content (AvgIpc) is 2.49. The Morgan fingerprint density at radius 1 is 1.04 bits per heavy atom. The second kappa shape index (κ2) is 7.36. The second-order valence-electron chi connectivity index (χ2n) is 5.09. The zero-order chi connectivity index (χ0) is 16.9. The number of sulfonamides is 1. The van der Waals surface area contributed by atoms with Crippen LogP contribution in [0.5, 0.6) is 0 Å². The number of carbonyl (C=O) groups excluding carboxylic acids is 1. The SMILES string of the molecule is COCc1ccc(C(=O)Nc2ccc(CS(N)(=O)=O)cc2)cc1. The third-order valence-electron chi connectivity index (χ3n) is 3.11. The lowest BCUT2D eigenvalue weighted by Gasteiger charge is -2.07. The van der Waals surface area contributed by atoms with Crippen molar-refractivity contribution in [3.05, 3.63) is 65.2 Å². The largest absolute Gasteiger partial charge is 0.380 e. The first-order valence-corrected chi connectivity index (χ1v) is 8.57. The molecule has 0 atom stereocenters. The number of anilines is 1. The summed E-state index contributed by atoms with van der Waals surface area (Å²) in [5.41, 5.74) is 2.65. The molecule has 0 spiro atoms. The number of nitrogens with two attached hydrogens (primary N) is 1. The highest BCUT2D eigenvalue weighted by molar-refractivity contribution is 7.88. The van der Waals surface area contributed by atoms with E-state index in [9.17, 15) is 13.2 Å². The quantitative estimate of drug-likeness (QED) is 0.842. The molecule has 0 saturated heterocycles. The van der Waals surface area contributed by atoms with Crippen LogP contribution in [0.2, 0.25) is 0 Å². The van der Waals surface area contributed by atoms with Crippen molar-refractivity contribution in [2.45, 2.75) is 12.4 Å². The summed E-state index contributed by atoms with van der Waals surface area (Å²) in [4.78, 5) is 12.1. The van der Waals surface area contributed by atoms with Gasteiger partial charge in [0.25, 0.3) is 5.91 Å². The van der Waals surface area contributed by atoms with E-state index in [0.717, 1.165) is 5.56 Å². The summed E-state index contributed by atoms with van der Waals surface area (Å²) >= 11 is 0. The van der Waals surface area contributed by atoms with E-state index in [4.69, 9.17) is 9.88 Å². The third-order valence-corrected chi connectivity index (χ3v) is 3.84. The van der Waals surface area contributed by atoms with Gasteiger partial charge in [-0.25, -0.2) is 13.6 Å². The minimum absolute atomic E-state index is 0.234. The third kappa shape index (κ3) is 5.48. The molecule has 0 fully saturated rings. The molecule has 0 aliphatic carbocycles. The van der Waals surface area contributed by atoms with Crippen molar-refractivity contribution in [2.24, 2.45) is 5.14 Å². The molecule has 6 nitrogen and oxygen atoms in total. The lowest BCUT2D eigenvalue weighted by atomic mass is 10.1. The van der Waals surface area contributed by atoms with Gasteiger partial charge in [0.05, 0.1) is 12.4 Å². The molecule has 2 aromatic carbocycles. The van der Waals surface area contributed by atoms with Gasteiger partial charge in [-0.1, -0.05) is 24.3 Å². The molecule has 3 N–H and O–H groups in total. The average molecular weight is 334 g/mol. The van der Waals surface area contributed by atoms with Crippen molar-refractivity contribution in [3.63, 3.8) is 0 Å². The maximum absolute atomic E-state index is 12.1. The van der Waals surface area contributed by atoms with Gasteiger partial charge in [0.2, 0.25) is 10.0 Å². The number of ether oxygens (including phenoxy) is 1. The Bertz CT molecular complexity index is 769. The normalized spacial score (nSPS) is 11.2. The van der Waals surface area contributed by atoms with Gasteiger partial charge in [-0.05, 0) is 35.4 Å². The number of hydrogen-bond donors (Lipinski definition) is 2. The van der Waals surface area contributed by atoms with Crippen molar-refractivity contribution < 1.29 is 17.9 Å². The van der Waals surface area contributed by atoms with Crippen LogP contribution < -0.4 is 10.5 Å². The van der Waals surface area contributed by atoms with E-state index < -0.39 is 10.0 Å². The van der Waals surface area contributed by atoms with E-state index in [0.29, 0.717) is 23.4 Å². The summed E-state index contributed by atoms with van der Waals surface area (Å²) in [6.45, 7) is 0.493. The Morgan fingerprint density at radius 3 is 2.13 bits per heavy atom.